The van der Waals surface area contributed by atoms with E-state index in [0.717, 1.165) is 21.5 Å². The van der Waals surface area contributed by atoms with Gasteiger partial charge in [-0.3, -0.25) is 4.79 Å². The first-order valence-electron chi connectivity index (χ1n) is 7.08. The van der Waals surface area contributed by atoms with Crippen molar-refractivity contribution < 1.29 is 4.79 Å². The van der Waals surface area contributed by atoms with Crippen molar-refractivity contribution in [2.45, 2.75) is 24.3 Å². The van der Waals surface area contributed by atoms with Crippen molar-refractivity contribution in [3.8, 4) is 0 Å². The maximum atomic E-state index is 12.3. The Morgan fingerprint density at radius 3 is 2.96 bits per heavy atom. The Labute approximate surface area is 142 Å². The minimum absolute atomic E-state index is 0.0888. The third-order valence-corrected chi connectivity index (χ3v) is 5.04. The van der Waals surface area contributed by atoms with Gasteiger partial charge in [0.15, 0.2) is 5.16 Å². The molecule has 2 heterocycles. The van der Waals surface area contributed by atoms with E-state index in [1.807, 2.05) is 49.6 Å². The van der Waals surface area contributed by atoms with E-state index in [2.05, 4.69) is 15.3 Å². The number of fused-ring (bicyclic) bond motifs is 1. The fourth-order valence-corrected chi connectivity index (χ4v) is 3.70. The second kappa shape index (κ2) is 6.55. The third kappa shape index (κ3) is 3.62. The van der Waals surface area contributed by atoms with Crippen LogP contribution in [0.5, 0.6) is 0 Å². The van der Waals surface area contributed by atoms with E-state index < -0.39 is 0 Å². The molecular weight excluding hydrogens is 328 g/mol. The Morgan fingerprint density at radius 1 is 1.35 bits per heavy atom. The standard InChI is InChI=1S/C16H16N4OS2/c1-9-4-3-5-11(8-9)18-14(21)10(2)23-16-19-13(17)12-6-7-22-15(12)20-16/h3-8,10H,1-2H3,(H,18,21)(H2,17,19,20)/t10-/m0/s1. The molecular formula is C16H16N4OS2. The summed E-state index contributed by atoms with van der Waals surface area (Å²) in [4.78, 5) is 21.9. The summed E-state index contributed by atoms with van der Waals surface area (Å²) in [5.41, 5.74) is 7.82. The molecule has 0 saturated heterocycles. The number of amides is 1. The molecule has 3 N–H and O–H groups in total. The van der Waals surface area contributed by atoms with Gasteiger partial charge in [0.1, 0.15) is 10.6 Å². The summed E-state index contributed by atoms with van der Waals surface area (Å²) in [6.45, 7) is 3.81. The Balaban J connectivity index is 1.72. The quantitative estimate of drug-likeness (QED) is 0.557. The number of carbonyl (C=O) groups is 1. The monoisotopic (exact) mass is 344 g/mol. The highest BCUT2D eigenvalue weighted by molar-refractivity contribution is 8.00. The molecule has 0 fully saturated rings. The van der Waals surface area contributed by atoms with Crippen LogP contribution in [0.3, 0.4) is 0 Å². The highest BCUT2D eigenvalue weighted by Crippen LogP contribution is 2.28. The van der Waals surface area contributed by atoms with Gasteiger partial charge in [0, 0.05) is 5.69 Å². The van der Waals surface area contributed by atoms with E-state index in [-0.39, 0.29) is 11.2 Å². The molecule has 0 aliphatic heterocycles. The predicted molar refractivity (Wildman–Crippen MR) is 97.0 cm³/mol. The van der Waals surface area contributed by atoms with Crippen LogP contribution in [-0.2, 0) is 4.79 Å². The number of aryl methyl sites for hydroxylation is 1. The number of rotatable bonds is 4. The van der Waals surface area contributed by atoms with E-state index in [1.165, 1.54) is 23.1 Å². The molecule has 1 atom stereocenters. The molecule has 0 unspecified atom stereocenters. The lowest BCUT2D eigenvalue weighted by atomic mass is 10.2. The Kier molecular flexibility index (Phi) is 4.49. The van der Waals surface area contributed by atoms with Gasteiger partial charge in [-0.05, 0) is 43.0 Å². The number of anilines is 2. The van der Waals surface area contributed by atoms with Crippen LogP contribution >= 0.6 is 23.1 Å². The average Bonchev–Trinajstić information content (AvgIpc) is 2.96. The SMILES string of the molecule is Cc1cccc(NC(=O)[C@H](C)Sc2nc(N)c3ccsc3n2)c1. The van der Waals surface area contributed by atoms with Crippen LogP contribution in [0.4, 0.5) is 11.5 Å². The van der Waals surface area contributed by atoms with Crippen molar-refractivity contribution in [2.75, 3.05) is 11.1 Å². The van der Waals surface area contributed by atoms with E-state index in [9.17, 15) is 4.79 Å². The molecule has 0 bridgehead atoms. The summed E-state index contributed by atoms with van der Waals surface area (Å²) in [7, 11) is 0. The lowest BCUT2D eigenvalue weighted by Gasteiger charge is -2.11. The van der Waals surface area contributed by atoms with E-state index in [1.54, 1.807) is 0 Å². The maximum Gasteiger partial charge on any atom is 0.237 e. The molecule has 1 aromatic carbocycles. The molecule has 0 saturated carbocycles. The molecule has 118 valence electrons. The van der Waals surface area contributed by atoms with Gasteiger partial charge >= 0.3 is 0 Å². The molecule has 5 nitrogen and oxygen atoms in total. The highest BCUT2D eigenvalue weighted by atomic mass is 32.2. The molecule has 7 heteroatoms. The zero-order chi connectivity index (χ0) is 16.4. The minimum Gasteiger partial charge on any atom is -0.383 e. The van der Waals surface area contributed by atoms with Crippen LogP contribution in [0.2, 0.25) is 0 Å². The first kappa shape index (κ1) is 15.8. The van der Waals surface area contributed by atoms with Crippen LogP contribution in [0.15, 0.2) is 40.9 Å². The first-order chi connectivity index (χ1) is 11.0. The zero-order valence-electron chi connectivity index (χ0n) is 12.7. The molecule has 0 aliphatic rings. The van der Waals surface area contributed by atoms with Crippen LogP contribution in [-0.4, -0.2) is 21.1 Å². The highest BCUT2D eigenvalue weighted by Gasteiger charge is 2.17. The Hall–Kier alpha value is -2.12. The lowest BCUT2D eigenvalue weighted by Crippen LogP contribution is -2.22. The minimum atomic E-state index is -0.327. The molecule has 0 aliphatic carbocycles. The molecule has 0 spiro atoms. The van der Waals surface area contributed by atoms with E-state index in [0.29, 0.717) is 11.0 Å². The maximum absolute atomic E-state index is 12.3. The zero-order valence-corrected chi connectivity index (χ0v) is 14.4. The fraction of sp³-hybridized carbons (Fsp3) is 0.188. The number of hydrogen-bond donors (Lipinski definition) is 2. The lowest BCUT2D eigenvalue weighted by molar-refractivity contribution is -0.115. The largest absolute Gasteiger partial charge is 0.383 e. The van der Waals surface area contributed by atoms with Gasteiger partial charge < -0.3 is 11.1 Å². The van der Waals surface area contributed by atoms with Crippen molar-refractivity contribution in [3.63, 3.8) is 0 Å². The number of benzene rings is 1. The normalized spacial score (nSPS) is 12.3. The number of nitrogens with one attached hydrogen (secondary N) is 1. The van der Waals surface area contributed by atoms with Gasteiger partial charge in [-0.25, -0.2) is 9.97 Å². The van der Waals surface area contributed by atoms with Crippen molar-refractivity contribution in [3.05, 3.63) is 41.3 Å². The molecule has 0 radical (unpaired) electrons. The summed E-state index contributed by atoms with van der Waals surface area (Å²) in [6.07, 6.45) is 0. The van der Waals surface area contributed by atoms with Crippen LogP contribution in [0.1, 0.15) is 12.5 Å². The van der Waals surface area contributed by atoms with Gasteiger partial charge in [-0.1, -0.05) is 23.9 Å². The number of thioether (sulfide) groups is 1. The van der Waals surface area contributed by atoms with Crippen molar-refractivity contribution in [1.82, 2.24) is 9.97 Å². The number of carbonyl (C=O) groups excluding carboxylic acids is 1. The Bertz CT molecular complexity index is 862. The van der Waals surface area contributed by atoms with Crippen molar-refractivity contribution >= 4 is 50.7 Å². The number of nitrogen functional groups attached to an aromatic ring is 1. The predicted octanol–water partition coefficient (Wildman–Crippen LogP) is 3.70. The third-order valence-electron chi connectivity index (χ3n) is 3.27. The van der Waals surface area contributed by atoms with E-state index in [4.69, 9.17) is 5.73 Å². The summed E-state index contributed by atoms with van der Waals surface area (Å²) >= 11 is 2.81. The smallest absolute Gasteiger partial charge is 0.237 e. The number of hydrogen-bond acceptors (Lipinski definition) is 6. The molecule has 23 heavy (non-hydrogen) atoms. The number of aromatic nitrogens is 2. The van der Waals surface area contributed by atoms with Gasteiger partial charge in [0.2, 0.25) is 5.91 Å². The topological polar surface area (TPSA) is 80.9 Å². The number of nitrogens with two attached hydrogens (primary N) is 1. The summed E-state index contributed by atoms with van der Waals surface area (Å²) in [5, 5.41) is 5.88. The fourth-order valence-electron chi connectivity index (χ4n) is 2.09. The van der Waals surface area contributed by atoms with Gasteiger partial charge in [-0.2, -0.15) is 0 Å². The molecule has 3 aromatic rings. The second-order valence-corrected chi connectivity index (χ2v) is 7.35. The number of thiophene rings is 1. The van der Waals surface area contributed by atoms with Gasteiger partial charge in [-0.15, -0.1) is 11.3 Å². The van der Waals surface area contributed by atoms with Gasteiger partial charge in [0.05, 0.1) is 10.6 Å². The van der Waals surface area contributed by atoms with Crippen LogP contribution in [0, 0.1) is 6.92 Å². The summed E-state index contributed by atoms with van der Waals surface area (Å²) < 4.78 is 0. The molecule has 3 rings (SSSR count). The number of nitrogens with zero attached hydrogens (tertiary/aromatic N) is 2. The summed E-state index contributed by atoms with van der Waals surface area (Å²) in [6, 6.07) is 9.60. The van der Waals surface area contributed by atoms with Gasteiger partial charge in [0.25, 0.3) is 0 Å². The van der Waals surface area contributed by atoms with Crippen LogP contribution < -0.4 is 11.1 Å². The summed E-state index contributed by atoms with van der Waals surface area (Å²) in [5.74, 6) is 0.360. The van der Waals surface area contributed by atoms with Crippen molar-refractivity contribution in [1.29, 1.82) is 0 Å². The average molecular weight is 344 g/mol. The van der Waals surface area contributed by atoms with Crippen LogP contribution in [0.25, 0.3) is 10.2 Å². The molecule has 1 amide bonds. The van der Waals surface area contributed by atoms with E-state index >= 15 is 0 Å². The van der Waals surface area contributed by atoms with Crippen molar-refractivity contribution in [2.24, 2.45) is 0 Å². The Morgan fingerprint density at radius 2 is 2.17 bits per heavy atom. The first-order valence-corrected chi connectivity index (χ1v) is 8.84. The molecule has 2 aromatic heterocycles. The second-order valence-electron chi connectivity index (χ2n) is 5.15.